The fraction of sp³-hybridized carbons (Fsp3) is 0. The molecule has 0 N–H and O–H groups in total. The average molecular weight is 234 g/mol. The number of hydrogen-bond donors (Lipinski definition) is 0. The summed E-state index contributed by atoms with van der Waals surface area (Å²) < 4.78 is 20.6. The molecular weight excluding hydrogens is 232 g/mol. The molecule has 0 saturated carbocycles. The van der Waals surface area contributed by atoms with Gasteiger partial charge >= 0.3 is 29.6 Å². The SMILES string of the molecule is O=S([O-])c1cnc(Cl)c(Cl)c1.[Na+]. The summed E-state index contributed by atoms with van der Waals surface area (Å²) in [7, 11) is 0. The van der Waals surface area contributed by atoms with Crippen molar-refractivity contribution in [3.8, 4) is 0 Å². The molecular formula is C5H2Cl2NNaO2S. The topological polar surface area (TPSA) is 53.0 Å². The summed E-state index contributed by atoms with van der Waals surface area (Å²) in [6.45, 7) is 0. The summed E-state index contributed by atoms with van der Waals surface area (Å²) >= 11 is 8.63. The van der Waals surface area contributed by atoms with Gasteiger partial charge in [0.25, 0.3) is 0 Å². The molecule has 7 heteroatoms. The van der Waals surface area contributed by atoms with Crippen LogP contribution < -0.4 is 29.6 Å². The first kappa shape index (κ1) is 12.8. The quantitative estimate of drug-likeness (QED) is 0.342. The molecule has 1 rings (SSSR count). The van der Waals surface area contributed by atoms with Crippen LogP contribution in [0.25, 0.3) is 0 Å². The minimum absolute atomic E-state index is 0. The second-order valence-corrected chi connectivity index (χ2v) is 3.38. The Hall–Kier alpha value is 0.840. The maximum atomic E-state index is 10.3. The van der Waals surface area contributed by atoms with Crippen LogP contribution in [0.3, 0.4) is 0 Å². The van der Waals surface area contributed by atoms with Crippen molar-refractivity contribution in [2.45, 2.75) is 4.90 Å². The monoisotopic (exact) mass is 233 g/mol. The van der Waals surface area contributed by atoms with Gasteiger partial charge in [-0.2, -0.15) is 0 Å². The van der Waals surface area contributed by atoms with Crippen LogP contribution in [0.4, 0.5) is 0 Å². The first-order chi connectivity index (χ1) is 5.11. The first-order valence-corrected chi connectivity index (χ1v) is 4.34. The molecule has 1 aromatic rings. The Balaban J connectivity index is 0.00000121. The molecule has 0 saturated heterocycles. The Labute approximate surface area is 104 Å². The van der Waals surface area contributed by atoms with Crippen LogP contribution >= 0.6 is 23.2 Å². The van der Waals surface area contributed by atoms with E-state index in [1.54, 1.807) is 0 Å². The molecule has 3 nitrogen and oxygen atoms in total. The number of aromatic nitrogens is 1. The molecule has 0 aromatic carbocycles. The van der Waals surface area contributed by atoms with Gasteiger partial charge in [0.05, 0.1) is 5.02 Å². The van der Waals surface area contributed by atoms with Gasteiger partial charge in [-0.15, -0.1) is 0 Å². The van der Waals surface area contributed by atoms with Gasteiger partial charge in [0.1, 0.15) is 5.15 Å². The Bertz CT molecular complexity index is 309. The van der Waals surface area contributed by atoms with E-state index in [1.807, 2.05) is 0 Å². The standard InChI is InChI=1S/C5H3Cl2NO2S.Na/c6-4-1-3(11(9)10)2-8-5(4)7;/h1-2H,(H,9,10);/q;+1/p-1. The molecule has 0 spiro atoms. The van der Waals surface area contributed by atoms with E-state index < -0.39 is 11.1 Å². The van der Waals surface area contributed by atoms with Gasteiger partial charge in [0.2, 0.25) is 0 Å². The van der Waals surface area contributed by atoms with E-state index in [0.717, 1.165) is 6.20 Å². The van der Waals surface area contributed by atoms with E-state index in [0.29, 0.717) is 0 Å². The van der Waals surface area contributed by atoms with Crippen LogP contribution in [0.1, 0.15) is 0 Å². The van der Waals surface area contributed by atoms with Gasteiger partial charge in [-0.25, -0.2) is 4.98 Å². The molecule has 1 unspecified atom stereocenters. The summed E-state index contributed by atoms with van der Waals surface area (Å²) in [5.74, 6) is 0. The van der Waals surface area contributed by atoms with E-state index in [9.17, 15) is 8.76 Å². The third-order valence-corrected chi connectivity index (χ3v) is 2.26. The molecule has 0 aliphatic carbocycles. The largest absolute Gasteiger partial charge is 1.00 e. The maximum Gasteiger partial charge on any atom is 1.00 e. The van der Waals surface area contributed by atoms with Crippen molar-refractivity contribution in [3.05, 3.63) is 22.4 Å². The van der Waals surface area contributed by atoms with Gasteiger partial charge in [-0.3, -0.25) is 4.21 Å². The van der Waals surface area contributed by atoms with E-state index in [1.165, 1.54) is 6.07 Å². The molecule has 1 atom stereocenters. The number of hydrogen-bond acceptors (Lipinski definition) is 3. The van der Waals surface area contributed by atoms with Crippen LogP contribution in [0, 0.1) is 0 Å². The Kier molecular flexibility index (Phi) is 5.93. The number of halogens is 2. The summed E-state index contributed by atoms with van der Waals surface area (Å²) in [4.78, 5) is 3.57. The van der Waals surface area contributed by atoms with Crippen LogP contribution in [-0.2, 0) is 11.1 Å². The minimum Gasteiger partial charge on any atom is -0.768 e. The first-order valence-electron chi connectivity index (χ1n) is 2.51. The zero-order chi connectivity index (χ0) is 8.43. The molecule has 60 valence electrons. The van der Waals surface area contributed by atoms with Crippen molar-refractivity contribution in [2.24, 2.45) is 0 Å². The molecule has 12 heavy (non-hydrogen) atoms. The molecule has 0 aliphatic heterocycles. The predicted molar refractivity (Wildman–Crippen MR) is 41.4 cm³/mol. The van der Waals surface area contributed by atoms with Crippen molar-refractivity contribution in [2.75, 3.05) is 0 Å². The van der Waals surface area contributed by atoms with Crippen molar-refractivity contribution < 1.29 is 38.3 Å². The predicted octanol–water partition coefficient (Wildman–Crippen LogP) is -1.37. The zero-order valence-corrected chi connectivity index (χ0v) is 10.4. The molecule has 0 bridgehead atoms. The summed E-state index contributed by atoms with van der Waals surface area (Å²) in [5.41, 5.74) is 0. The van der Waals surface area contributed by atoms with Gasteiger partial charge in [-0.1, -0.05) is 23.2 Å². The third-order valence-electron chi connectivity index (χ3n) is 0.964. The number of rotatable bonds is 1. The molecule has 0 amide bonds. The van der Waals surface area contributed by atoms with Gasteiger partial charge in [-0.05, 0) is 17.1 Å². The van der Waals surface area contributed by atoms with Crippen molar-refractivity contribution in [1.29, 1.82) is 0 Å². The van der Waals surface area contributed by atoms with Crippen molar-refractivity contribution >= 4 is 34.3 Å². The Morgan fingerprint density at radius 2 is 2.08 bits per heavy atom. The van der Waals surface area contributed by atoms with Crippen molar-refractivity contribution in [3.63, 3.8) is 0 Å². The number of nitrogens with zero attached hydrogens (tertiary/aromatic N) is 1. The molecule has 1 heterocycles. The molecule has 0 fully saturated rings. The zero-order valence-electron chi connectivity index (χ0n) is 6.08. The fourth-order valence-corrected chi connectivity index (χ4v) is 1.18. The second kappa shape index (κ2) is 5.54. The second-order valence-electron chi connectivity index (χ2n) is 1.68. The van der Waals surface area contributed by atoms with Gasteiger partial charge in [0.15, 0.2) is 0 Å². The van der Waals surface area contributed by atoms with E-state index in [2.05, 4.69) is 4.98 Å². The normalized spacial score (nSPS) is 11.9. The average Bonchev–Trinajstić information content (AvgIpc) is 1.94. The van der Waals surface area contributed by atoms with Crippen LogP contribution in [0.2, 0.25) is 10.2 Å². The van der Waals surface area contributed by atoms with Crippen molar-refractivity contribution in [1.82, 2.24) is 4.98 Å². The third kappa shape index (κ3) is 3.30. The summed E-state index contributed by atoms with van der Waals surface area (Å²) in [6.07, 6.45) is 1.14. The Morgan fingerprint density at radius 3 is 2.50 bits per heavy atom. The minimum atomic E-state index is -2.30. The maximum absolute atomic E-state index is 10.3. The van der Waals surface area contributed by atoms with E-state index >= 15 is 0 Å². The van der Waals surface area contributed by atoms with E-state index in [4.69, 9.17) is 23.2 Å². The van der Waals surface area contributed by atoms with Gasteiger partial charge in [0, 0.05) is 11.1 Å². The fourth-order valence-electron chi connectivity index (χ4n) is 0.495. The number of pyridine rings is 1. The van der Waals surface area contributed by atoms with E-state index in [-0.39, 0.29) is 44.6 Å². The molecule has 0 radical (unpaired) electrons. The molecule has 0 aliphatic rings. The smallest absolute Gasteiger partial charge is 0.768 e. The molecule has 1 aromatic heterocycles. The van der Waals surface area contributed by atoms with Crippen LogP contribution in [-0.4, -0.2) is 13.7 Å². The van der Waals surface area contributed by atoms with Crippen LogP contribution in [0.15, 0.2) is 17.2 Å². The summed E-state index contributed by atoms with van der Waals surface area (Å²) in [6, 6.07) is 1.24. The van der Waals surface area contributed by atoms with Gasteiger partial charge < -0.3 is 4.55 Å². The Morgan fingerprint density at radius 1 is 1.50 bits per heavy atom. The summed E-state index contributed by atoms with van der Waals surface area (Å²) in [5, 5.41) is 0.231. The van der Waals surface area contributed by atoms with Crippen LogP contribution in [0.5, 0.6) is 0 Å².